The third-order valence-corrected chi connectivity index (χ3v) is 7.14. The Bertz CT molecular complexity index is 1590. The summed E-state index contributed by atoms with van der Waals surface area (Å²) >= 11 is 0. The van der Waals surface area contributed by atoms with Gasteiger partial charge < -0.3 is 18.8 Å². The zero-order valence-corrected chi connectivity index (χ0v) is 24.9. The normalized spacial score (nSPS) is 11.0. The average Bonchev–Trinajstić information content (AvgIpc) is 3.26. The fourth-order valence-corrected chi connectivity index (χ4v) is 4.67. The maximum atomic E-state index is 12.8. The Kier molecular flexibility index (Phi) is 10.7. The molecule has 4 rings (SSSR count). The molecule has 3 aromatic carbocycles. The van der Waals surface area contributed by atoms with Crippen LogP contribution in [0.2, 0.25) is 0 Å². The molecule has 0 fully saturated rings. The molecule has 222 valence electrons. The fourth-order valence-electron chi connectivity index (χ4n) is 4.67. The van der Waals surface area contributed by atoms with Crippen LogP contribution in [0.15, 0.2) is 91.0 Å². The third-order valence-electron chi connectivity index (χ3n) is 7.14. The van der Waals surface area contributed by atoms with Gasteiger partial charge in [0.25, 0.3) is 0 Å². The summed E-state index contributed by atoms with van der Waals surface area (Å²) in [6.45, 7) is 8.19. The number of rotatable bonds is 14. The molecule has 0 spiro atoms. The van der Waals surface area contributed by atoms with E-state index in [4.69, 9.17) is 14.2 Å². The highest BCUT2D eigenvalue weighted by Crippen LogP contribution is 2.25. The average molecular weight is 580 g/mol. The number of unbranched alkanes of at least 4 members (excludes halogenated alkanes) is 3. The van der Waals surface area contributed by atoms with Gasteiger partial charge in [-0.15, -0.1) is 0 Å². The molecule has 0 amide bonds. The molecular formula is C36H37NO6. The number of allylic oxidation sites excluding steroid dienone is 1. The van der Waals surface area contributed by atoms with Gasteiger partial charge in [-0.3, -0.25) is 4.79 Å². The van der Waals surface area contributed by atoms with Crippen molar-refractivity contribution in [3.05, 3.63) is 113 Å². The SMILES string of the molecule is C=C(C)C(=O)OCCCCCCOc1ccc(C(=O)Oc2ccc(C(=O)/C=C/c3c(C)c4ccccc4n3C)cc2)cc1. The van der Waals surface area contributed by atoms with Gasteiger partial charge in [0.1, 0.15) is 11.5 Å². The number of ketones is 1. The molecule has 0 saturated carbocycles. The lowest BCUT2D eigenvalue weighted by atomic mass is 10.1. The predicted octanol–water partition coefficient (Wildman–Crippen LogP) is 7.66. The van der Waals surface area contributed by atoms with Crippen molar-refractivity contribution in [2.24, 2.45) is 7.05 Å². The van der Waals surface area contributed by atoms with Crippen molar-refractivity contribution < 1.29 is 28.6 Å². The van der Waals surface area contributed by atoms with Crippen molar-refractivity contribution in [3.8, 4) is 11.5 Å². The van der Waals surface area contributed by atoms with Crippen molar-refractivity contribution in [2.45, 2.75) is 39.5 Å². The van der Waals surface area contributed by atoms with Crippen LogP contribution in [-0.2, 0) is 16.6 Å². The Balaban J connectivity index is 1.21. The molecule has 4 aromatic rings. The van der Waals surface area contributed by atoms with Crippen molar-refractivity contribution in [3.63, 3.8) is 0 Å². The quantitative estimate of drug-likeness (QED) is 0.0501. The Morgan fingerprint density at radius 1 is 0.814 bits per heavy atom. The number of carbonyl (C=O) groups excluding carboxylic acids is 3. The lowest BCUT2D eigenvalue weighted by Gasteiger charge is -2.08. The number of aryl methyl sites for hydroxylation is 2. The first kappa shape index (κ1) is 31.0. The zero-order chi connectivity index (χ0) is 30.8. The van der Waals surface area contributed by atoms with Crippen molar-refractivity contribution in [1.82, 2.24) is 4.57 Å². The van der Waals surface area contributed by atoms with E-state index in [0.29, 0.717) is 41.4 Å². The minimum Gasteiger partial charge on any atom is -0.494 e. The van der Waals surface area contributed by atoms with Gasteiger partial charge in [0.15, 0.2) is 5.78 Å². The number of hydrogen-bond acceptors (Lipinski definition) is 6. The van der Waals surface area contributed by atoms with E-state index in [9.17, 15) is 14.4 Å². The summed E-state index contributed by atoms with van der Waals surface area (Å²) in [5.74, 6) is 0.0367. The van der Waals surface area contributed by atoms with E-state index in [1.807, 2.05) is 25.3 Å². The minimum absolute atomic E-state index is 0.137. The molecule has 7 heteroatoms. The summed E-state index contributed by atoms with van der Waals surface area (Å²) in [5, 5.41) is 1.16. The van der Waals surface area contributed by atoms with Gasteiger partial charge in [0.05, 0.1) is 18.8 Å². The first-order valence-electron chi connectivity index (χ1n) is 14.4. The predicted molar refractivity (Wildman–Crippen MR) is 169 cm³/mol. The monoisotopic (exact) mass is 579 g/mol. The molecule has 0 atom stereocenters. The zero-order valence-electron chi connectivity index (χ0n) is 24.9. The van der Waals surface area contributed by atoms with Crippen LogP contribution < -0.4 is 9.47 Å². The highest BCUT2D eigenvalue weighted by atomic mass is 16.5. The van der Waals surface area contributed by atoms with Gasteiger partial charge in [-0.2, -0.15) is 0 Å². The first-order valence-corrected chi connectivity index (χ1v) is 14.4. The first-order chi connectivity index (χ1) is 20.7. The molecule has 43 heavy (non-hydrogen) atoms. The molecule has 0 aliphatic heterocycles. The number of hydrogen-bond donors (Lipinski definition) is 0. The number of benzene rings is 3. The van der Waals surface area contributed by atoms with Crippen LogP contribution in [-0.4, -0.2) is 35.5 Å². The van der Waals surface area contributed by atoms with Crippen LogP contribution in [0.3, 0.4) is 0 Å². The van der Waals surface area contributed by atoms with Gasteiger partial charge in [0.2, 0.25) is 0 Å². The minimum atomic E-state index is -0.496. The maximum absolute atomic E-state index is 12.8. The fraction of sp³-hybridized carbons (Fsp3) is 0.250. The number of aromatic nitrogens is 1. The second-order valence-corrected chi connectivity index (χ2v) is 10.4. The van der Waals surface area contributed by atoms with Crippen LogP contribution in [0.1, 0.15) is 64.6 Å². The number of esters is 2. The van der Waals surface area contributed by atoms with Gasteiger partial charge in [-0.25, -0.2) is 9.59 Å². The van der Waals surface area contributed by atoms with Crippen molar-refractivity contribution >= 4 is 34.7 Å². The molecule has 0 radical (unpaired) electrons. The number of nitrogens with zero attached hydrogens (tertiary/aromatic N) is 1. The second-order valence-electron chi connectivity index (χ2n) is 10.4. The Hall–Kier alpha value is -4.91. The van der Waals surface area contributed by atoms with Crippen LogP contribution in [0.5, 0.6) is 11.5 Å². The molecule has 1 aromatic heterocycles. The molecule has 0 aliphatic carbocycles. The largest absolute Gasteiger partial charge is 0.494 e. The lowest BCUT2D eigenvalue weighted by molar-refractivity contribution is -0.139. The molecule has 0 unspecified atom stereocenters. The Morgan fingerprint density at radius 2 is 1.44 bits per heavy atom. The van der Waals surface area contributed by atoms with Gasteiger partial charge in [-0.1, -0.05) is 24.8 Å². The summed E-state index contributed by atoms with van der Waals surface area (Å²) in [6.07, 6.45) is 6.98. The maximum Gasteiger partial charge on any atom is 0.343 e. The van der Waals surface area contributed by atoms with E-state index in [-0.39, 0.29) is 11.8 Å². The van der Waals surface area contributed by atoms with Crippen LogP contribution in [0, 0.1) is 6.92 Å². The van der Waals surface area contributed by atoms with Crippen LogP contribution >= 0.6 is 0 Å². The molecule has 1 heterocycles. The summed E-state index contributed by atoms with van der Waals surface area (Å²) in [5.41, 5.74) is 4.52. The number of ether oxygens (including phenoxy) is 3. The third kappa shape index (κ3) is 8.32. The topological polar surface area (TPSA) is 83.8 Å². The van der Waals surface area contributed by atoms with Crippen molar-refractivity contribution in [1.29, 1.82) is 0 Å². The van der Waals surface area contributed by atoms with Crippen LogP contribution in [0.4, 0.5) is 0 Å². The van der Waals surface area contributed by atoms with Crippen LogP contribution in [0.25, 0.3) is 17.0 Å². The van der Waals surface area contributed by atoms with E-state index in [0.717, 1.165) is 47.8 Å². The number of fused-ring (bicyclic) bond motifs is 1. The molecule has 7 nitrogen and oxygen atoms in total. The summed E-state index contributed by atoms with van der Waals surface area (Å²) in [4.78, 5) is 36.8. The Labute approximate surface area is 252 Å². The standard InChI is InChI=1S/C36H37NO6/c1-25(2)35(39)42-24-10-6-5-9-23-41-29-17-15-28(16-18-29)36(40)43-30-19-13-27(14-20-30)34(38)22-21-32-26(3)31-11-7-8-12-33(31)37(32)4/h7-8,11-22H,1,5-6,9-10,23-24H2,2-4H3/b22-21+. The summed E-state index contributed by atoms with van der Waals surface area (Å²) < 4.78 is 18.4. The van der Waals surface area contributed by atoms with Gasteiger partial charge in [0, 0.05) is 34.8 Å². The lowest BCUT2D eigenvalue weighted by Crippen LogP contribution is -2.08. The highest BCUT2D eigenvalue weighted by molar-refractivity contribution is 6.07. The smallest absolute Gasteiger partial charge is 0.343 e. The number of carbonyl (C=O) groups is 3. The molecule has 0 aliphatic rings. The van der Waals surface area contributed by atoms with E-state index in [1.165, 1.54) is 0 Å². The Morgan fingerprint density at radius 3 is 2.12 bits per heavy atom. The highest BCUT2D eigenvalue weighted by Gasteiger charge is 2.12. The summed E-state index contributed by atoms with van der Waals surface area (Å²) in [7, 11) is 1.99. The molecule has 0 N–H and O–H groups in total. The second kappa shape index (κ2) is 14.8. The van der Waals surface area contributed by atoms with Crippen molar-refractivity contribution in [2.75, 3.05) is 13.2 Å². The van der Waals surface area contributed by atoms with Gasteiger partial charge >= 0.3 is 11.9 Å². The molecule has 0 bridgehead atoms. The number of para-hydroxylation sites is 1. The summed E-state index contributed by atoms with van der Waals surface area (Å²) in [6, 6.07) is 21.5. The van der Waals surface area contributed by atoms with E-state index < -0.39 is 5.97 Å². The van der Waals surface area contributed by atoms with E-state index >= 15 is 0 Å². The molecular weight excluding hydrogens is 542 g/mol. The van der Waals surface area contributed by atoms with E-state index in [1.54, 1.807) is 61.5 Å². The molecule has 0 saturated heterocycles. The van der Waals surface area contributed by atoms with E-state index in [2.05, 4.69) is 30.2 Å². The van der Waals surface area contributed by atoms with Gasteiger partial charge in [-0.05, 0) is 112 Å².